The summed E-state index contributed by atoms with van der Waals surface area (Å²) in [6.07, 6.45) is 2.78. The van der Waals surface area contributed by atoms with Gasteiger partial charge in [-0.2, -0.15) is 0 Å². The van der Waals surface area contributed by atoms with Gasteiger partial charge in [0.25, 0.3) is 0 Å². The van der Waals surface area contributed by atoms with Crippen molar-refractivity contribution in [2.24, 2.45) is 16.8 Å². The van der Waals surface area contributed by atoms with Gasteiger partial charge in [0.2, 0.25) is 0 Å². The highest BCUT2D eigenvalue weighted by molar-refractivity contribution is 5.60. The second-order valence-electron chi connectivity index (χ2n) is 3.49. The quantitative estimate of drug-likeness (QED) is 0.585. The van der Waals surface area contributed by atoms with Crippen LogP contribution in [-0.4, -0.2) is 37.6 Å². The molecular weight excluding hydrogens is 152 g/mol. The van der Waals surface area contributed by atoms with Crippen LogP contribution in [-0.2, 0) is 0 Å². The van der Waals surface area contributed by atoms with Gasteiger partial charge in [-0.1, -0.05) is 6.92 Å². The number of β-amino-alcohol motifs (C(OH)–C–C–N with tert-alkyl or cyclic N) is 1. The van der Waals surface area contributed by atoms with Crippen LogP contribution in [0.2, 0.25) is 0 Å². The summed E-state index contributed by atoms with van der Waals surface area (Å²) in [5.74, 6) is 0.780. The highest BCUT2D eigenvalue weighted by atomic mass is 16.3. The normalized spacial score (nSPS) is 33.9. The van der Waals surface area contributed by atoms with Crippen molar-refractivity contribution < 1.29 is 5.11 Å². The summed E-state index contributed by atoms with van der Waals surface area (Å²) in [6.45, 7) is 3.86. The van der Waals surface area contributed by atoms with Crippen molar-refractivity contribution in [1.82, 2.24) is 5.32 Å². The van der Waals surface area contributed by atoms with Crippen molar-refractivity contribution >= 4 is 6.21 Å². The summed E-state index contributed by atoms with van der Waals surface area (Å²) in [5.41, 5.74) is 0. The van der Waals surface area contributed by atoms with Gasteiger partial charge in [-0.15, -0.1) is 0 Å². The Morgan fingerprint density at radius 2 is 2.42 bits per heavy atom. The third-order valence-electron chi connectivity index (χ3n) is 2.56. The van der Waals surface area contributed by atoms with E-state index in [0.717, 1.165) is 19.5 Å². The molecule has 3 atom stereocenters. The minimum atomic E-state index is -0.202. The first-order chi connectivity index (χ1) is 5.75. The Morgan fingerprint density at radius 1 is 1.67 bits per heavy atom. The summed E-state index contributed by atoms with van der Waals surface area (Å²) in [6, 6.07) is 0. The van der Waals surface area contributed by atoms with Gasteiger partial charge < -0.3 is 15.4 Å². The van der Waals surface area contributed by atoms with Gasteiger partial charge in [-0.3, -0.25) is 0 Å². The predicted octanol–water partition coefficient (Wildman–Crippen LogP) is 0.293. The maximum Gasteiger partial charge on any atom is 0.0699 e. The van der Waals surface area contributed by atoms with Gasteiger partial charge in [0, 0.05) is 19.8 Å². The number of aliphatic hydroxyl groups excluding tert-OH is 1. The first kappa shape index (κ1) is 9.68. The van der Waals surface area contributed by atoms with Crippen LogP contribution in [0.15, 0.2) is 4.99 Å². The smallest absolute Gasteiger partial charge is 0.0699 e. The third-order valence-corrected chi connectivity index (χ3v) is 2.56. The van der Waals surface area contributed by atoms with Crippen LogP contribution in [0.4, 0.5) is 0 Å². The number of nitrogens with one attached hydrogen (secondary N) is 1. The molecule has 0 aliphatic carbocycles. The maximum atomic E-state index is 9.64. The molecule has 0 aromatic rings. The van der Waals surface area contributed by atoms with Crippen molar-refractivity contribution in [1.29, 1.82) is 0 Å². The second-order valence-corrected chi connectivity index (χ2v) is 3.49. The zero-order valence-corrected chi connectivity index (χ0v) is 7.83. The molecular formula is C9H18N2O. The molecule has 0 aromatic carbocycles. The SMILES string of the molecule is CN=CC(C)C1CCNCC1O. The Balaban J connectivity index is 2.47. The molecule has 1 fully saturated rings. The van der Waals surface area contributed by atoms with Crippen LogP contribution in [0.3, 0.4) is 0 Å². The summed E-state index contributed by atoms with van der Waals surface area (Å²) in [7, 11) is 1.78. The molecule has 1 rings (SSSR count). The summed E-state index contributed by atoms with van der Waals surface area (Å²) >= 11 is 0. The van der Waals surface area contributed by atoms with E-state index in [9.17, 15) is 5.11 Å². The van der Waals surface area contributed by atoms with E-state index in [-0.39, 0.29) is 6.10 Å². The summed E-state index contributed by atoms with van der Waals surface area (Å²) in [4.78, 5) is 3.99. The fraction of sp³-hybridized carbons (Fsp3) is 0.889. The molecule has 0 bridgehead atoms. The van der Waals surface area contributed by atoms with Gasteiger partial charge in [-0.25, -0.2) is 0 Å². The molecule has 0 saturated carbocycles. The summed E-state index contributed by atoms with van der Waals surface area (Å²) in [5, 5.41) is 12.8. The minimum absolute atomic E-state index is 0.202. The van der Waals surface area contributed by atoms with Crippen molar-refractivity contribution in [3.8, 4) is 0 Å². The molecule has 0 spiro atoms. The largest absolute Gasteiger partial charge is 0.391 e. The number of nitrogens with zero attached hydrogens (tertiary/aromatic N) is 1. The van der Waals surface area contributed by atoms with Crippen LogP contribution in [0.1, 0.15) is 13.3 Å². The first-order valence-corrected chi connectivity index (χ1v) is 4.56. The van der Waals surface area contributed by atoms with Gasteiger partial charge in [0.05, 0.1) is 6.10 Å². The lowest BCUT2D eigenvalue weighted by Gasteiger charge is -2.31. The maximum absolute atomic E-state index is 9.64. The third kappa shape index (κ3) is 2.29. The first-order valence-electron chi connectivity index (χ1n) is 4.56. The van der Waals surface area contributed by atoms with Crippen LogP contribution in [0.5, 0.6) is 0 Å². The monoisotopic (exact) mass is 170 g/mol. The molecule has 0 amide bonds. The number of aliphatic imine (C=N–C) groups is 1. The molecule has 3 nitrogen and oxygen atoms in total. The van der Waals surface area contributed by atoms with Gasteiger partial charge in [0.15, 0.2) is 0 Å². The number of rotatable bonds is 2. The van der Waals surface area contributed by atoms with E-state index >= 15 is 0 Å². The average Bonchev–Trinajstić information content (AvgIpc) is 2.05. The molecule has 1 saturated heterocycles. The van der Waals surface area contributed by atoms with E-state index in [2.05, 4.69) is 17.2 Å². The van der Waals surface area contributed by atoms with E-state index in [0.29, 0.717) is 11.8 Å². The van der Waals surface area contributed by atoms with Crippen molar-refractivity contribution in [2.45, 2.75) is 19.4 Å². The fourth-order valence-electron chi connectivity index (χ4n) is 1.82. The fourth-order valence-corrected chi connectivity index (χ4v) is 1.82. The zero-order valence-electron chi connectivity index (χ0n) is 7.83. The standard InChI is InChI=1S/C9H18N2O/c1-7(5-10-2)8-3-4-11-6-9(8)12/h5,7-9,11-12H,3-4,6H2,1-2H3. The number of piperidine rings is 1. The number of hydrogen-bond donors (Lipinski definition) is 2. The molecule has 3 heteroatoms. The minimum Gasteiger partial charge on any atom is -0.391 e. The molecule has 2 N–H and O–H groups in total. The number of hydrogen-bond acceptors (Lipinski definition) is 3. The molecule has 1 aliphatic rings. The lowest BCUT2D eigenvalue weighted by atomic mass is 9.85. The molecule has 1 heterocycles. The van der Waals surface area contributed by atoms with Crippen LogP contribution >= 0.6 is 0 Å². The molecule has 70 valence electrons. The van der Waals surface area contributed by atoms with E-state index in [1.54, 1.807) is 7.05 Å². The topological polar surface area (TPSA) is 44.6 Å². The molecule has 0 aromatic heterocycles. The predicted molar refractivity (Wildman–Crippen MR) is 50.6 cm³/mol. The average molecular weight is 170 g/mol. The molecule has 3 unspecified atom stereocenters. The Morgan fingerprint density at radius 3 is 3.00 bits per heavy atom. The van der Waals surface area contributed by atoms with Crippen molar-refractivity contribution in [3.05, 3.63) is 0 Å². The highest BCUT2D eigenvalue weighted by Gasteiger charge is 2.26. The van der Waals surface area contributed by atoms with Crippen molar-refractivity contribution in [2.75, 3.05) is 20.1 Å². The number of aliphatic hydroxyl groups is 1. The molecule has 12 heavy (non-hydrogen) atoms. The van der Waals surface area contributed by atoms with Gasteiger partial charge >= 0.3 is 0 Å². The lowest BCUT2D eigenvalue weighted by Crippen LogP contribution is -2.43. The van der Waals surface area contributed by atoms with Crippen molar-refractivity contribution in [3.63, 3.8) is 0 Å². The summed E-state index contributed by atoms with van der Waals surface area (Å²) < 4.78 is 0. The molecule has 1 aliphatic heterocycles. The van der Waals surface area contributed by atoms with Gasteiger partial charge in [-0.05, 0) is 24.8 Å². The van der Waals surface area contributed by atoms with Gasteiger partial charge in [0.1, 0.15) is 0 Å². The highest BCUT2D eigenvalue weighted by Crippen LogP contribution is 2.20. The molecule has 0 radical (unpaired) electrons. The lowest BCUT2D eigenvalue weighted by molar-refractivity contribution is 0.0681. The van der Waals surface area contributed by atoms with E-state index in [1.807, 2.05) is 6.21 Å². The second kappa shape index (κ2) is 4.58. The Kier molecular flexibility index (Phi) is 3.69. The van der Waals surface area contributed by atoms with E-state index in [4.69, 9.17) is 0 Å². The Bertz CT molecular complexity index is 159. The zero-order chi connectivity index (χ0) is 8.97. The Hall–Kier alpha value is -0.410. The van der Waals surface area contributed by atoms with E-state index < -0.39 is 0 Å². The van der Waals surface area contributed by atoms with Crippen LogP contribution in [0, 0.1) is 11.8 Å². The van der Waals surface area contributed by atoms with E-state index in [1.165, 1.54) is 0 Å². The Labute approximate surface area is 73.9 Å². The van der Waals surface area contributed by atoms with Crippen LogP contribution in [0.25, 0.3) is 0 Å². The van der Waals surface area contributed by atoms with Crippen LogP contribution < -0.4 is 5.32 Å².